The van der Waals surface area contributed by atoms with Gasteiger partial charge < -0.3 is 11.1 Å². The van der Waals surface area contributed by atoms with Crippen molar-refractivity contribution in [2.45, 2.75) is 12.5 Å². The molecule has 0 aromatic heterocycles. The van der Waals surface area contributed by atoms with Crippen molar-refractivity contribution in [3.8, 4) is 0 Å². The second kappa shape index (κ2) is 5.84. The Morgan fingerprint density at radius 2 is 2.09 bits per heavy atom. The smallest absolute Gasteiger partial charge is 0.325 e. The summed E-state index contributed by atoms with van der Waals surface area (Å²) in [5.41, 5.74) is 3.40. The average Bonchev–Trinajstić information content (AvgIpc) is 2.62. The van der Waals surface area contributed by atoms with E-state index in [1.807, 2.05) is 0 Å². The van der Waals surface area contributed by atoms with Crippen LogP contribution in [0.4, 0.5) is 14.0 Å². The van der Waals surface area contributed by atoms with Crippen LogP contribution in [-0.4, -0.2) is 35.3 Å². The number of urea groups is 2. The third kappa shape index (κ3) is 3.09. The molecule has 1 fully saturated rings. The van der Waals surface area contributed by atoms with Crippen LogP contribution in [0.25, 0.3) is 0 Å². The summed E-state index contributed by atoms with van der Waals surface area (Å²) >= 11 is 5.93. The molecule has 1 aliphatic rings. The van der Waals surface area contributed by atoms with Gasteiger partial charge in [-0.1, -0.05) is 17.7 Å². The molecule has 1 heterocycles. The molecule has 8 nitrogen and oxygen atoms in total. The van der Waals surface area contributed by atoms with Crippen LogP contribution < -0.4 is 16.4 Å². The first-order valence-electron chi connectivity index (χ1n) is 6.34. The van der Waals surface area contributed by atoms with Gasteiger partial charge in [-0.2, -0.15) is 0 Å². The number of carbonyl (C=O) groups is 4. The van der Waals surface area contributed by atoms with Gasteiger partial charge in [0.1, 0.15) is 17.9 Å². The first-order chi connectivity index (χ1) is 10.6. The van der Waals surface area contributed by atoms with Crippen LogP contribution >= 0.6 is 11.6 Å². The fourth-order valence-corrected chi connectivity index (χ4v) is 2.59. The lowest BCUT2D eigenvalue weighted by Crippen LogP contribution is -2.45. The standard InChI is InChI=1S/C13H12ClFN4O4/c1-13(7-3-2-6(15)4-8(7)14)10(21)19(12(23)18-13)5-9(20)17-11(16)22/h2-4H,5H2,1H3,(H,18,23)(H3,16,17,20,22)/t13-/m0/s1. The Morgan fingerprint density at radius 3 is 2.65 bits per heavy atom. The maximum absolute atomic E-state index is 13.1. The second-order valence-electron chi connectivity index (χ2n) is 4.98. The van der Waals surface area contributed by atoms with E-state index in [0.29, 0.717) is 4.90 Å². The van der Waals surface area contributed by atoms with Crippen LogP contribution in [0.3, 0.4) is 0 Å². The fraction of sp³-hybridized carbons (Fsp3) is 0.231. The molecule has 0 saturated carbocycles. The Bertz CT molecular complexity index is 726. The second-order valence-corrected chi connectivity index (χ2v) is 5.39. The molecule has 2 rings (SSSR count). The molecule has 10 heteroatoms. The van der Waals surface area contributed by atoms with E-state index in [0.717, 1.165) is 12.1 Å². The average molecular weight is 343 g/mol. The minimum absolute atomic E-state index is 0.0513. The molecular formula is C13H12ClFN4O4. The zero-order chi connectivity index (χ0) is 17.4. The number of nitrogens with two attached hydrogens (primary N) is 1. The predicted octanol–water partition coefficient (Wildman–Crippen LogP) is 0.441. The maximum Gasteiger partial charge on any atom is 0.325 e. The number of hydrogen-bond acceptors (Lipinski definition) is 4. The van der Waals surface area contributed by atoms with Gasteiger partial charge in [0.25, 0.3) is 5.91 Å². The Labute approximate surface area is 134 Å². The van der Waals surface area contributed by atoms with Crippen molar-refractivity contribution < 1.29 is 23.6 Å². The highest BCUT2D eigenvalue weighted by Gasteiger charge is 2.50. The van der Waals surface area contributed by atoms with Gasteiger partial charge in [0.15, 0.2) is 0 Å². The molecular weight excluding hydrogens is 331 g/mol. The Hall–Kier alpha value is -2.68. The number of carbonyl (C=O) groups excluding carboxylic acids is 4. The maximum atomic E-state index is 13.1. The van der Waals surface area contributed by atoms with Crippen molar-refractivity contribution in [1.82, 2.24) is 15.5 Å². The highest BCUT2D eigenvalue weighted by atomic mass is 35.5. The van der Waals surface area contributed by atoms with E-state index in [4.69, 9.17) is 17.3 Å². The number of nitrogens with one attached hydrogen (secondary N) is 2. The number of halogens is 2. The van der Waals surface area contributed by atoms with E-state index >= 15 is 0 Å². The van der Waals surface area contributed by atoms with Gasteiger partial charge in [-0.3, -0.25) is 19.8 Å². The van der Waals surface area contributed by atoms with E-state index < -0.39 is 41.8 Å². The lowest BCUT2D eigenvalue weighted by Gasteiger charge is -2.23. The summed E-state index contributed by atoms with van der Waals surface area (Å²) in [6, 6.07) is 1.41. The number of primary amides is 1. The molecule has 122 valence electrons. The van der Waals surface area contributed by atoms with E-state index in [1.165, 1.54) is 13.0 Å². The lowest BCUT2D eigenvalue weighted by atomic mass is 9.92. The van der Waals surface area contributed by atoms with Gasteiger partial charge in [0, 0.05) is 10.6 Å². The van der Waals surface area contributed by atoms with Gasteiger partial charge in [-0.25, -0.2) is 14.0 Å². The zero-order valence-corrected chi connectivity index (χ0v) is 12.6. The highest BCUT2D eigenvalue weighted by Crippen LogP contribution is 2.33. The molecule has 23 heavy (non-hydrogen) atoms. The first kappa shape index (κ1) is 16.7. The topological polar surface area (TPSA) is 122 Å². The summed E-state index contributed by atoms with van der Waals surface area (Å²) in [6.45, 7) is 0.681. The first-order valence-corrected chi connectivity index (χ1v) is 6.72. The Balaban J connectivity index is 2.29. The van der Waals surface area contributed by atoms with Crippen LogP contribution in [0.5, 0.6) is 0 Å². The van der Waals surface area contributed by atoms with Gasteiger partial charge in [-0.05, 0) is 19.1 Å². The Kier molecular flexibility index (Phi) is 4.24. The minimum atomic E-state index is -1.56. The summed E-state index contributed by atoms with van der Waals surface area (Å²) in [6.07, 6.45) is 0. The summed E-state index contributed by atoms with van der Waals surface area (Å²) < 4.78 is 13.1. The Morgan fingerprint density at radius 1 is 1.43 bits per heavy atom. The van der Waals surface area contributed by atoms with Crippen LogP contribution in [0.1, 0.15) is 12.5 Å². The van der Waals surface area contributed by atoms with Crippen molar-refractivity contribution in [1.29, 1.82) is 0 Å². The highest BCUT2D eigenvalue weighted by molar-refractivity contribution is 6.32. The molecule has 1 aliphatic heterocycles. The molecule has 0 unspecified atom stereocenters. The van der Waals surface area contributed by atoms with Gasteiger partial charge >= 0.3 is 12.1 Å². The van der Waals surface area contributed by atoms with E-state index in [2.05, 4.69) is 5.32 Å². The fourth-order valence-electron chi connectivity index (χ4n) is 2.24. The molecule has 1 atom stereocenters. The molecule has 1 saturated heterocycles. The van der Waals surface area contributed by atoms with Gasteiger partial charge in [0.2, 0.25) is 5.91 Å². The van der Waals surface area contributed by atoms with Crippen LogP contribution in [-0.2, 0) is 15.1 Å². The SMILES string of the molecule is C[C@@]1(c2ccc(F)cc2Cl)NC(=O)N(CC(=O)NC(N)=O)C1=O. The largest absolute Gasteiger partial charge is 0.351 e. The molecule has 0 aliphatic carbocycles. The van der Waals surface area contributed by atoms with Gasteiger partial charge in [0.05, 0.1) is 0 Å². The predicted molar refractivity (Wildman–Crippen MR) is 76.7 cm³/mol. The number of imide groups is 2. The summed E-state index contributed by atoms with van der Waals surface area (Å²) in [7, 11) is 0. The minimum Gasteiger partial charge on any atom is -0.351 e. The number of rotatable bonds is 3. The van der Waals surface area contributed by atoms with Crippen molar-refractivity contribution in [2.75, 3.05) is 6.54 Å². The van der Waals surface area contributed by atoms with E-state index in [1.54, 1.807) is 5.32 Å². The number of hydrogen-bond donors (Lipinski definition) is 3. The van der Waals surface area contributed by atoms with Crippen molar-refractivity contribution >= 4 is 35.5 Å². The molecule has 0 spiro atoms. The van der Waals surface area contributed by atoms with E-state index in [9.17, 15) is 23.6 Å². The summed E-state index contributed by atoms with van der Waals surface area (Å²) in [4.78, 5) is 47.2. The van der Waals surface area contributed by atoms with Crippen molar-refractivity contribution in [3.63, 3.8) is 0 Å². The van der Waals surface area contributed by atoms with Crippen LogP contribution in [0.15, 0.2) is 18.2 Å². The molecule has 1 aromatic carbocycles. The summed E-state index contributed by atoms with van der Waals surface area (Å²) in [5, 5.41) is 4.10. The van der Waals surface area contributed by atoms with Crippen molar-refractivity contribution in [3.05, 3.63) is 34.6 Å². The normalized spacial score (nSPS) is 20.4. The number of amides is 6. The lowest BCUT2D eigenvalue weighted by molar-refractivity contribution is -0.134. The molecule has 4 N–H and O–H groups in total. The van der Waals surface area contributed by atoms with E-state index in [-0.39, 0.29) is 10.6 Å². The third-order valence-electron chi connectivity index (χ3n) is 3.31. The quantitative estimate of drug-likeness (QED) is 0.690. The van der Waals surface area contributed by atoms with Crippen molar-refractivity contribution in [2.24, 2.45) is 5.73 Å². The molecule has 0 bridgehead atoms. The molecule has 1 aromatic rings. The van der Waals surface area contributed by atoms with Crippen LogP contribution in [0, 0.1) is 5.82 Å². The summed E-state index contributed by atoms with van der Waals surface area (Å²) in [5.74, 6) is -2.29. The number of benzene rings is 1. The zero-order valence-electron chi connectivity index (χ0n) is 11.9. The monoisotopic (exact) mass is 342 g/mol. The van der Waals surface area contributed by atoms with Gasteiger partial charge in [-0.15, -0.1) is 0 Å². The molecule has 6 amide bonds. The van der Waals surface area contributed by atoms with Crippen LogP contribution in [0.2, 0.25) is 5.02 Å². The number of nitrogens with zero attached hydrogens (tertiary/aromatic N) is 1. The molecule has 0 radical (unpaired) electrons. The third-order valence-corrected chi connectivity index (χ3v) is 3.62.